The quantitative estimate of drug-likeness (QED) is 0.571. The largest absolute Gasteiger partial charge is 0.444 e. The van der Waals surface area contributed by atoms with Gasteiger partial charge in [0.2, 0.25) is 5.91 Å². The third kappa shape index (κ3) is 4.43. The van der Waals surface area contributed by atoms with Crippen LogP contribution in [0.25, 0.3) is 11.1 Å². The highest BCUT2D eigenvalue weighted by Crippen LogP contribution is 2.29. The zero-order chi connectivity index (χ0) is 20.9. The Balaban J connectivity index is 1.44. The molecule has 4 nitrogen and oxygen atoms in total. The molecule has 4 rings (SSSR count). The van der Waals surface area contributed by atoms with Gasteiger partial charge >= 0.3 is 6.09 Å². The van der Waals surface area contributed by atoms with E-state index in [9.17, 15) is 9.59 Å². The second-order valence-corrected chi connectivity index (χ2v) is 7.81. The molecule has 2 atom stereocenters. The molecular weight excluding hydrogens is 374 g/mol. The van der Waals surface area contributed by atoms with E-state index in [-0.39, 0.29) is 24.5 Å². The number of imide groups is 1. The normalized spacial score (nSPS) is 18.4. The van der Waals surface area contributed by atoms with Crippen LogP contribution >= 0.6 is 0 Å². The molecule has 0 bridgehead atoms. The third-order valence-corrected chi connectivity index (χ3v) is 5.58. The minimum absolute atomic E-state index is 0.154. The number of hydrogen-bond donors (Lipinski definition) is 0. The molecule has 3 aromatic carbocycles. The topological polar surface area (TPSA) is 46.6 Å². The molecule has 152 valence electrons. The first-order valence-corrected chi connectivity index (χ1v) is 10.3. The lowest BCUT2D eigenvalue weighted by Crippen LogP contribution is -2.40. The van der Waals surface area contributed by atoms with E-state index in [4.69, 9.17) is 4.74 Å². The van der Waals surface area contributed by atoms with Gasteiger partial charge in [-0.25, -0.2) is 9.69 Å². The molecule has 0 aliphatic carbocycles. The van der Waals surface area contributed by atoms with E-state index < -0.39 is 6.09 Å². The van der Waals surface area contributed by atoms with Crippen LogP contribution in [0.5, 0.6) is 0 Å². The molecule has 0 saturated carbocycles. The summed E-state index contributed by atoms with van der Waals surface area (Å²) in [5, 5.41) is 0. The van der Waals surface area contributed by atoms with Gasteiger partial charge in [-0.15, -0.1) is 0 Å². The summed E-state index contributed by atoms with van der Waals surface area (Å²) >= 11 is 0. The van der Waals surface area contributed by atoms with Crippen LogP contribution in [-0.2, 0) is 22.6 Å². The number of rotatable bonds is 5. The van der Waals surface area contributed by atoms with Crippen molar-refractivity contribution < 1.29 is 14.3 Å². The molecule has 1 aliphatic rings. The summed E-state index contributed by atoms with van der Waals surface area (Å²) in [5.41, 5.74) is 4.32. The number of nitrogens with zero attached hydrogens (tertiary/aromatic N) is 1. The van der Waals surface area contributed by atoms with Crippen LogP contribution in [0.2, 0.25) is 0 Å². The molecule has 1 fully saturated rings. The number of carbonyl (C=O) groups is 2. The summed E-state index contributed by atoms with van der Waals surface area (Å²) in [6, 6.07) is 27.8. The van der Waals surface area contributed by atoms with Gasteiger partial charge in [0, 0.05) is 12.0 Å². The number of amides is 2. The molecule has 0 N–H and O–H groups in total. The minimum Gasteiger partial charge on any atom is -0.444 e. The van der Waals surface area contributed by atoms with Crippen molar-refractivity contribution in [3.8, 4) is 11.1 Å². The van der Waals surface area contributed by atoms with Gasteiger partial charge in [-0.1, -0.05) is 91.9 Å². The lowest BCUT2D eigenvalue weighted by molar-refractivity contribution is -0.130. The first kappa shape index (κ1) is 19.9. The molecule has 2 amide bonds. The maximum Gasteiger partial charge on any atom is 0.417 e. The summed E-state index contributed by atoms with van der Waals surface area (Å²) in [6.45, 7) is 2.04. The van der Waals surface area contributed by atoms with E-state index in [0.717, 1.165) is 16.7 Å². The Labute approximate surface area is 177 Å². The van der Waals surface area contributed by atoms with Crippen LogP contribution in [0.3, 0.4) is 0 Å². The summed E-state index contributed by atoms with van der Waals surface area (Å²) in [5.74, 6) is -0.332. The minimum atomic E-state index is -0.556. The fourth-order valence-electron chi connectivity index (χ4n) is 3.97. The van der Waals surface area contributed by atoms with Crippen molar-refractivity contribution in [2.45, 2.75) is 32.4 Å². The van der Waals surface area contributed by atoms with Crippen molar-refractivity contribution in [3.05, 3.63) is 96.1 Å². The highest BCUT2D eigenvalue weighted by Gasteiger charge is 2.41. The highest BCUT2D eigenvalue weighted by atomic mass is 16.6. The van der Waals surface area contributed by atoms with Crippen molar-refractivity contribution in [2.75, 3.05) is 0 Å². The van der Waals surface area contributed by atoms with Crippen LogP contribution in [0.1, 0.15) is 24.5 Å². The Morgan fingerprint density at radius 1 is 0.867 bits per heavy atom. The Hall–Kier alpha value is -3.40. The first-order chi connectivity index (χ1) is 14.6. The maximum atomic E-state index is 12.7. The molecule has 1 saturated heterocycles. The SMILES string of the molecule is CC1C[C@@H](Cc2ccc(-c3ccccc3)cc2)N(C(=O)OCc2ccccc2)C1=O. The lowest BCUT2D eigenvalue weighted by atomic mass is 9.98. The standard InChI is InChI=1S/C26H25NO3/c1-19-16-24(17-20-12-14-23(15-13-20)22-10-6-3-7-11-22)27(25(19)28)26(29)30-18-21-8-4-2-5-9-21/h2-15,19,24H,16-18H2,1H3/t19?,24-/m0/s1. The second-order valence-electron chi connectivity index (χ2n) is 7.81. The zero-order valence-corrected chi connectivity index (χ0v) is 17.0. The predicted octanol–water partition coefficient (Wildman–Crippen LogP) is 5.47. The number of ether oxygens (including phenoxy) is 1. The fourth-order valence-corrected chi connectivity index (χ4v) is 3.97. The number of carbonyl (C=O) groups excluding carboxylic acids is 2. The maximum absolute atomic E-state index is 12.7. The lowest BCUT2D eigenvalue weighted by Gasteiger charge is -2.22. The molecular formula is C26H25NO3. The number of benzene rings is 3. The monoisotopic (exact) mass is 399 g/mol. The smallest absolute Gasteiger partial charge is 0.417 e. The van der Waals surface area contributed by atoms with Crippen molar-refractivity contribution in [1.82, 2.24) is 4.90 Å². The van der Waals surface area contributed by atoms with Crippen molar-refractivity contribution in [1.29, 1.82) is 0 Å². The van der Waals surface area contributed by atoms with Crippen LogP contribution in [-0.4, -0.2) is 22.9 Å². The van der Waals surface area contributed by atoms with Gasteiger partial charge in [-0.05, 0) is 35.1 Å². The van der Waals surface area contributed by atoms with Gasteiger partial charge in [0.15, 0.2) is 0 Å². The molecule has 30 heavy (non-hydrogen) atoms. The van der Waals surface area contributed by atoms with Gasteiger partial charge in [-0.2, -0.15) is 0 Å². The van der Waals surface area contributed by atoms with Gasteiger partial charge in [0.25, 0.3) is 0 Å². The third-order valence-electron chi connectivity index (χ3n) is 5.58. The van der Waals surface area contributed by atoms with Crippen molar-refractivity contribution in [2.24, 2.45) is 5.92 Å². The van der Waals surface area contributed by atoms with Gasteiger partial charge < -0.3 is 4.74 Å². The average Bonchev–Trinajstić information content (AvgIpc) is 3.07. The first-order valence-electron chi connectivity index (χ1n) is 10.3. The van der Waals surface area contributed by atoms with E-state index >= 15 is 0 Å². The van der Waals surface area contributed by atoms with E-state index in [2.05, 4.69) is 36.4 Å². The molecule has 0 radical (unpaired) electrons. The molecule has 1 heterocycles. The van der Waals surface area contributed by atoms with Crippen LogP contribution in [0.15, 0.2) is 84.9 Å². The predicted molar refractivity (Wildman–Crippen MR) is 117 cm³/mol. The molecule has 1 aliphatic heterocycles. The Morgan fingerprint density at radius 3 is 2.13 bits per heavy atom. The van der Waals surface area contributed by atoms with Crippen molar-refractivity contribution in [3.63, 3.8) is 0 Å². The van der Waals surface area contributed by atoms with E-state index in [1.165, 1.54) is 10.5 Å². The van der Waals surface area contributed by atoms with Gasteiger partial charge in [0.05, 0.1) is 0 Å². The highest BCUT2D eigenvalue weighted by molar-refractivity contribution is 5.95. The van der Waals surface area contributed by atoms with Gasteiger partial charge in [-0.3, -0.25) is 4.79 Å². The Bertz CT molecular complexity index is 999. The second kappa shape index (κ2) is 8.95. The average molecular weight is 399 g/mol. The Morgan fingerprint density at radius 2 is 1.47 bits per heavy atom. The molecule has 0 aromatic heterocycles. The summed E-state index contributed by atoms with van der Waals surface area (Å²) in [6.07, 6.45) is 0.727. The van der Waals surface area contributed by atoms with Crippen LogP contribution in [0.4, 0.5) is 4.79 Å². The summed E-state index contributed by atoms with van der Waals surface area (Å²) in [4.78, 5) is 26.6. The number of likely N-dealkylation sites (tertiary alicyclic amines) is 1. The van der Waals surface area contributed by atoms with Crippen LogP contribution in [0, 0.1) is 5.92 Å². The molecule has 0 spiro atoms. The van der Waals surface area contributed by atoms with Gasteiger partial charge in [0.1, 0.15) is 6.61 Å². The summed E-state index contributed by atoms with van der Waals surface area (Å²) < 4.78 is 5.44. The molecule has 4 heteroatoms. The molecule has 3 aromatic rings. The summed E-state index contributed by atoms with van der Waals surface area (Å²) in [7, 11) is 0. The number of hydrogen-bond acceptors (Lipinski definition) is 3. The zero-order valence-electron chi connectivity index (χ0n) is 17.0. The van der Waals surface area contributed by atoms with Crippen molar-refractivity contribution >= 4 is 12.0 Å². The molecule has 1 unspecified atom stereocenters. The van der Waals surface area contributed by atoms with E-state index in [1.807, 2.05) is 55.5 Å². The van der Waals surface area contributed by atoms with Crippen LogP contribution < -0.4 is 0 Å². The Kier molecular flexibility index (Phi) is 5.94. The van der Waals surface area contributed by atoms with E-state index in [0.29, 0.717) is 12.8 Å². The fraction of sp³-hybridized carbons (Fsp3) is 0.231. The van der Waals surface area contributed by atoms with E-state index in [1.54, 1.807) is 0 Å².